The third-order valence-electron chi connectivity index (χ3n) is 7.84. The number of aliphatic hydroxyl groups excluding tert-OH is 1. The van der Waals surface area contributed by atoms with Gasteiger partial charge in [0.15, 0.2) is 0 Å². The first-order valence-corrected chi connectivity index (χ1v) is 12.8. The minimum absolute atomic E-state index is 0.00601. The Hall–Kier alpha value is -3.35. The average Bonchev–Trinajstić information content (AvgIpc) is 2.90. The monoisotopic (exact) mass is 493 g/mol. The highest BCUT2D eigenvalue weighted by molar-refractivity contribution is 5.95. The fourth-order valence-electron chi connectivity index (χ4n) is 5.54. The molecule has 2 aliphatic rings. The number of rotatable bonds is 6. The predicted octanol–water partition coefficient (Wildman–Crippen LogP) is 6.29. The second kappa shape index (κ2) is 11.1. The van der Waals surface area contributed by atoms with Crippen LogP contribution in [0.2, 0.25) is 0 Å². The first kappa shape index (κ1) is 25.7. The van der Waals surface area contributed by atoms with Gasteiger partial charge in [-0.05, 0) is 62.1 Å². The standard InChI is InChI=1S/C29H36FN3O3/c1-22(34)29(17-19-32(20-18-29)28(36)31(2)24-15-13-23(30)14-16-24)21-27(35)33(25-9-5-3-6-10-25)26-11-7-4-8-12-26/h3,5-6,9-10,13-16,26,34H,1,4,7-8,11-12,17-21H2,2H3. The van der Waals surface area contributed by atoms with Crippen LogP contribution in [0.3, 0.4) is 0 Å². The fraction of sp³-hybridized carbons (Fsp3) is 0.448. The number of nitrogens with zero attached hydrogens (tertiary/aromatic N) is 3. The lowest BCUT2D eigenvalue weighted by atomic mass is 9.73. The topological polar surface area (TPSA) is 64.1 Å². The van der Waals surface area contributed by atoms with Crippen molar-refractivity contribution in [2.75, 3.05) is 29.9 Å². The average molecular weight is 494 g/mol. The summed E-state index contributed by atoms with van der Waals surface area (Å²) in [6.45, 7) is 4.63. The number of para-hydroxylation sites is 1. The maximum Gasteiger partial charge on any atom is 0.324 e. The molecule has 1 saturated heterocycles. The van der Waals surface area contributed by atoms with Gasteiger partial charge in [-0.2, -0.15) is 0 Å². The maximum absolute atomic E-state index is 13.8. The van der Waals surface area contributed by atoms with E-state index < -0.39 is 5.41 Å². The Morgan fingerprint density at radius 3 is 2.19 bits per heavy atom. The Morgan fingerprint density at radius 1 is 1.00 bits per heavy atom. The van der Waals surface area contributed by atoms with E-state index in [1.54, 1.807) is 24.1 Å². The molecule has 2 aromatic carbocycles. The van der Waals surface area contributed by atoms with Crippen molar-refractivity contribution in [3.05, 3.63) is 72.8 Å². The van der Waals surface area contributed by atoms with Gasteiger partial charge in [0, 0.05) is 49.4 Å². The number of hydrogen-bond donors (Lipinski definition) is 1. The number of aliphatic hydroxyl groups is 1. The number of halogens is 1. The van der Waals surface area contributed by atoms with Gasteiger partial charge in [0.1, 0.15) is 5.82 Å². The molecular formula is C29H36FN3O3. The second-order valence-corrected chi connectivity index (χ2v) is 10.1. The van der Waals surface area contributed by atoms with Gasteiger partial charge < -0.3 is 14.9 Å². The molecule has 1 saturated carbocycles. The lowest BCUT2D eigenvalue weighted by Gasteiger charge is -2.43. The molecule has 4 rings (SSSR count). The van der Waals surface area contributed by atoms with Crippen molar-refractivity contribution in [3.8, 4) is 0 Å². The van der Waals surface area contributed by atoms with Crippen LogP contribution in [0.4, 0.5) is 20.6 Å². The van der Waals surface area contributed by atoms with E-state index >= 15 is 0 Å². The van der Waals surface area contributed by atoms with Gasteiger partial charge in [0.2, 0.25) is 5.91 Å². The van der Waals surface area contributed by atoms with Crippen LogP contribution in [-0.4, -0.2) is 48.1 Å². The highest BCUT2D eigenvalue weighted by Crippen LogP contribution is 2.42. The Kier molecular flexibility index (Phi) is 7.97. The molecule has 0 radical (unpaired) electrons. The number of benzene rings is 2. The summed E-state index contributed by atoms with van der Waals surface area (Å²) in [4.78, 5) is 32.0. The van der Waals surface area contributed by atoms with Crippen LogP contribution < -0.4 is 9.80 Å². The van der Waals surface area contributed by atoms with E-state index in [-0.39, 0.29) is 36.0 Å². The van der Waals surface area contributed by atoms with Crippen LogP contribution in [0, 0.1) is 11.2 Å². The van der Waals surface area contributed by atoms with Crippen LogP contribution in [0.1, 0.15) is 51.4 Å². The van der Waals surface area contributed by atoms with E-state index in [0.717, 1.165) is 31.4 Å². The van der Waals surface area contributed by atoms with Crippen LogP contribution >= 0.6 is 0 Å². The van der Waals surface area contributed by atoms with Crippen molar-refractivity contribution < 1.29 is 19.1 Å². The summed E-state index contributed by atoms with van der Waals surface area (Å²) in [5, 5.41) is 10.7. The molecule has 0 bridgehead atoms. The summed E-state index contributed by atoms with van der Waals surface area (Å²) >= 11 is 0. The van der Waals surface area contributed by atoms with Gasteiger partial charge >= 0.3 is 6.03 Å². The number of urea groups is 1. The van der Waals surface area contributed by atoms with Gasteiger partial charge in [-0.15, -0.1) is 0 Å². The van der Waals surface area contributed by atoms with Crippen molar-refractivity contribution in [1.29, 1.82) is 0 Å². The zero-order chi connectivity index (χ0) is 25.7. The molecule has 2 aromatic rings. The molecule has 1 aliphatic carbocycles. The molecule has 192 valence electrons. The highest BCUT2D eigenvalue weighted by atomic mass is 19.1. The minimum Gasteiger partial charge on any atom is -0.512 e. The molecule has 3 amide bonds. The number of carbonyl (C=O) groups excluding carboxylic acids is 2. The van der Waals surface area contributed by atoms with Crippen molar-refractivity contribution in [1.82, 2.24) is 4.90 Å². The number of anilines is 2. The summed E-state index contributed by atoms with van der Waals surface area (Å²) in [7, 11) is 1.66. The summed E-state index contributed by atoms with van der Waals surface area (Å²) < 4.78 is 13.3. The number of likely N-dealkylation sites (tertiary alicyclic amines) is 1. The van der Waals surface area contributed by atoms with Gasteiger partial charge in [-0.3, -0.25) is 9.69 Å². The number of carbonyl (C=O) groups is 2. The highest BCUT2D eigenvalue weighted by Gasteiger charge is 2.43. The number of hydrogen-bond acceptors (Lipinski definition) is 3. The quantitative estimate of drug-likeness (QED) is 0.481. The van der Waals surface area contributed by atoms with Crippen LogP contribution in [-0.2, 0) is 4.79 Å². The normalized spacial score (nSPS) is 17.9. The summed E-state index contributed by atoms with van der Waals surface area (Å²) in [5.41, 5.74) is 0.719. The number of piperidine rings is 1. The Morgan fingerprint density at radius 2 is 1.61 bits per heavy atom. The van der Waals surface area contributed by atoms with Gasteiger partial charge in [0.25, 0.3) is 0 Å². The van der Waals surface area contributed by atoms with E-state index in [9.17, 15) is 19.1 Å². The van der Waals surface area contributed by atoms with Crippen LogP contribution in [0.25, 0.3) is 0 Å². The lowest BCUT2D eigenvalue weighted by Crippen LogP contribution is -2.50. The molecule has 1 heterocycles. The van der Waals surface area contributed by atoms with Crippen LogP contribution in [0.15, 0.2) is 66.9 Å². The molecule has 0 atom stereocenters. The Balaban J connectivity index is 1.47. The smallest absolute Gasteiger partial charge is 0.324 e. The largest absolute Gasteiger partial charge is 0.512 e. The Labute approximate surface area is 213 Å². The van der Waals surface area contributed by atoms with E-state index in [1.807, 2.05) is 35.2 Å². The van der Waals surface area contributed by atoms with E-state index in [2.05, 4.69) is 6.58 Å². The summed E-state index contributed by atoms with van der Waals surface area (Å²) in [6.07, 6.45) is 6.42. The van der Waals surface area contributed by atoms with Crippen molar-refractivity contribution in [2.24, 2.45) is 5.41 Å². The SMILES string of the molecule is C=C(O)C1(CC(=O)N(c2ccccc2)C2CCCCC2)CCN(C(=O)N(C)c2ccc(F)cc2)CC1. The molecule has 1 aliphatic heterocycles. The van der Waals surface area contributed by atoms with Crippen molar-refractivity contribution >= 4 is 23.3 Å². The molecule has 1 N–H and O–H groups in total. The van der Waals surface area contributed by atoms with E-state index in [1.165, 1.54) is 23.5 Å². The minimum atomic E-state index is -0.774. The number of allylic oxidation sites excluding steroid dienone is 1. The third-order valence-corrected chi connectivity index (χ3v) is 7.84. The van der Waals surface area contributed by atoms with E-state index in [0.29, 0.717) is 31.6 Å². The third kappa shape index (κ3) is 5.55. The van der Waals surface area contributed by atoms with Gasteiger partial charge in [-0.25, -0.2) is 9.18 Å². The van der Waals surface area contributed by atoms with Crippen LogP contribution in [0.5, 0.6) is 0 Å². The summed E-state index contributed by atoms with van der Waals surface area (Å²) in [5.74, 6) is -0.357. The van der Waals surface area contributed by atoms with Crippen molar-refractivity contribution in [2.45, 2.75) is 57.4 Å². The zero-order valence-electron chi connectivity index (χ0n) is 21.0. The molecule has 2 fully saturated rings. The lowest BCUT2D eigenvalue weighted by molar-refractivity contribution is -0.122. The first-order valence-electron chi connectivity index (χ1n) is 12.8. The summed E-state index contributed by atoms with van der Waals surface area (Å²) in [6, 6.07) is 15.5. The molecule has 0 unspecified atom stereocenters. The number of amides is 3. The molecule has 0 aromatic heterocycles. The Bertz CT molecular complexity index is 1060. The molecule has 6 nitrogen and oxygen atoms in total. The molecular weight excluding hydrogens is 457 g/mol. The maximum atomic E-state index is 13.8. The fourth-order valence-corrected chi connectivity index (χ4v) is 5.54. The van der Waals surface area contributed by atoms with Crippen molar-refractivity contribution in [3.63, 3.8) is 0 Å². The zero-order valence-corrected chi connectivity index (χ0v) is 21.0. The first-order chi connectivity index (χ1) is 17.3. The van der Waals surface area contributed by atoms with Gasteiger partial charge in [-0.1, -0.05) is 44.0 Å². The molecule has 36 heavy (non-hydrogen) atoms. The predicted molar refractivity (Wildman–Crippen MR) is 141 cm³/mol. The second-order valence-electron chi connectivity index (χ2n) is 10.1. The molecule has 7 heteroatoms. The van der Waals surface area contributed by atoms with E-state index in [4.69, 9.17) is 0 Å². The molecule has 0 spiro atoms. The van der Waals surface area contributed by atoms with Gasteiger partial charge in [0.05, 0.1) is 5.76 Å².